The minimum atomic E-state index is -0.360. The van der Waals surface area contributed by atoms with E-state index < -0.39 is 0 Å². The van der Waals surface area contributed by atoms with Crippen molar-refractivity contribution in [2.24, 2.45) is 0 Å². The topological polar surface area (TPSA) is 94.0 Å². The molecule has 4 rings (SSSR count). The number of aromatic nitrogens is 4. The normalized spacial score (nSPS) is 11.3. The summed E-state index contributed by atoms with van der Waals surface area (Å²) in [6, 6.07) is 16.9. The predicted molar refractivity (Wildman–Crippen MR) is 141 cm³/mol. The first-order valence-corrected chi connectivity index (χ1v) is 11.9. The van der Waals surface area contributed by atoms with E-state index >= 15 is 0 Å². The van der Waals surface area contributed by atoms with Gasteiger partial charge < -0.3 is 10.1 Å². The molecule has 0 aliphatic rings. The van der Waals surface area contributed by atoms with E-state index in [1.165, 1.54) is 6.20 Å². The van der Waals surface area contributed by atoms with Crippen molar-refractivity contribution in [3.05, 3.63) is 88.5 Å². The molecule has 2 aromatic heterocycles. The van der Waals surface area contributed by atoms with Gasteiger partial charge in [0.05, 0.1) is 11.4 Å². The smallest absolute Gasteiger partial charge is 0.320 e. The number of halogens is 1. The molecule has 0 fully saturated rings. The quantitative estimate of drug-likeness (QED) is 0.298. The van der Waals surface area contributed by atoms with Gasteiger partial charge in [-0.3, -0.25) is 5.32 Å². The Morgan fingerprint density at radius 2 is 1.75 bits per heavy atom. The molecule has 0 radical (unpaired) electrons. The molecule has 36 heavy (non-hydrogen) atoms. The summed E-state index contributed by atoms with van der Waals surface area (Å²) in [5.41, 5.74) is 4.53. The highest BCUT2D eigenvalue weighted by atomic mass is 35.5. The van der Waals surface area contributed by atoms with Crippen molar-refractivity contribution >= 4 is 23.4 Å². The van der Waals surface area contributed by atoms with Gasteiger partial charge in [-0.25, -0.2) is 14.5 Å². The molecule has 0 unspecified atom stereocenters. The Morgan fingerprint density at radius 1 is 1.03 bits per heavy atom. The first kappa shape index (κ1) is 25.2. The monoisotopic (exact) mass is 504 g/mol. The molecular weight excluding hydrogens is 476 g/mol. The first-order valence-electron chi connectivity index (χ1n) is 11.6. The van der Waals surface area contributed by atoms with Crippen molar-refractivity contribution in [3.8, 4) is 17.3 Å². The Labute approximate surface area is 215 Å². The zero-order valence-corrected chi connectivity index (χ0v) is 21.7. The molecule has 4 aromatic rings. The average Bonchev–Trinajstić information content (AvgIpc) is 3.24. The van der Waals surface area contributed by atoms with Gasteiger partial charge in [0.2, 0.25) is 11.2 Å². The Bertz CT molecular complexity index is 1380. The number of ether oxygens (including phenoxy) is 1. The number of rotatable bonds is 6. The van der Waals surface area contributed by atoms with E-state index in [9.17, 15) is 4.79 Å². The second-order valence-corrected chi connectivity index (χ2v) is 9.94. The molecule has 2 amide bonds. The van der Waals surface area contributed by atoms with Gasteiger partial charge in [-0.2, -0.15) is 10.1 Å². The van der Waals surface area contributed by atoms with Crippen LogP contribution in [0.25, 0.3) is 5.69 Å². The maximum Gasteiger partial charge on any atom is 0.320 e. The largest absolute Gasteiger partial charge is 0.439 e. The van der Waals surface area contributed by atoms with E-state index in [1.807, 2.05) is 62.4 Å². The van der Waals surface area contributed by atoms with Crippen LogP contribution in [0.5, 0.6) is 11.6 Å². The van der Waals surface area contributed by atoms with Crippen LogP contribution in [0, 0.1) is 13.8 Å². The van der Waals surface area contributed by atoms with E-state index in [2.05, 4.69) is 41.4 Å². The highest BCUT2D eigenvalue weighted by Crippen LogP contribution is 2.27. The van der Waals surface area contributed by atoms with E-state index in [0.717, 1.165) is 28.1 Å². The van der Waals surface area contributed by atoms with Crippen molar-refractivity contribution in [2.75, 3.05) is 5.32 Å². The van der Waals surface area contributed by atoms with Gasteiger partial charge in [0.15, 0.2) is 0 Å². The number of hydrogen-bond acceptors (Lipinski definition) is 5. The molecule has 0 spiro atoms. The van der Waals surface area contributed by atoms with Gasteiger partial charge >= 0.3 is 6.03 Å². The highest BCUT2D eigenvalue weighted by molar-refractivity contribution is 6.28. The Kier molecular flexibility index (Phi) is 7.26. The number of aryl methyl sites for hydroxylation is 2. The van der Waals surface area contributed by atoms with Crippen molar-refractivity contribution in [2.45, 2.75) is 46.6 Å². The summed E-state index contributed by atoms with van der Waals surface area (Å²) in [6.45, 7) is 10.5. The number of benzene rings is 2. The lowest BCUT2D eigenvalue weighted by molar-refractivity contribution is 0.251. The molecule has 2 N–H and O–H groups in total. The van der Waals surface area contributed by atoms with E-state index in [4.69, 9.17) is 21.4 Å². The molecule has 186 valence electrons. The van der Waals surface area contributed by atoms with Gasteiger partial charge in [0, 0.05) is 35.9 Å². The fraction of sp³-hybridized carbons (Fsp3) is 0.259. The van der Waals surface area contributed by atoms with Gasteiger partial charge in [-0.15, -0.1) is 0 Å². The van der Waals surface area contributed by atoms with Crippen LogP contribution in [-0.2, 0) is 12.0 Å². The molecule has 2 aromatic carbocycles. The maximum atomic E-state index is 12.9. The number of carbonyl (C=O) groups is 1. The number of anilines is 1. The summed E-state index contributed by atoms with van der Waals surface area (Å²) in [4.78, 5) is 20.9. The van der Waals surface area contributed by atoms with Gasteiger partial charge in [0.1, 0.15) is 11.6 Å². The number of urea groups is 1. The number of hydrogen-bond donors (Lipinski definition) is 2. The zero-order valence-electron chi connectivity index (χ0n) is 21.0. The third kappa shape index (κ3) is 6.20. The summed E-state index contributed by atoms with van der Waals surface area (Å²) in [6.07, 6.45) is 1.52. The first-order chi connectivity index (χ1) is 17.1. The lowest BCUT2D eigenvalue weighted by Crippen LogP contribution is -2.29. The highest BCUT2D eigenvalue weighted by Gasteiger charge is 2.21. The fourth-order valence-corrected chi connectivity index (χ4v) is 3.63. The third-order valence-corrected chi connectivity index (χ3v) is 5.65. The molecule has 0 aliphatic carbocycles. The summed E-state index contributed by atoms with van der Waals surface area (Å²) in [5.74, 6) is 1.47. The van der Waals surface area contributed by atoms with Crippen LogP contribution in [0.1, 0.15) is 43.2 Å². The minimum Gasteiger partial charge on any atom is -0.439 e. The van der Waals surface area contributed by atoms with Crippen LogP contribution in [0.4, 0.5) is 10.6 Å². The summed E-state index contributed by atoms with van der Waals surface area (Å²) in [5, 5.41) is 10.7. The molecule has 8 nitrogen and oxygen atoms in total. The molecular formula is C27H29ClN6O2. The summed E-state index contributed by atoms with van der Waals surface area (Å²) in [7, 11) is 0. The van der Waals surface area contributed by atoms with E-state index in [0.29, 0.717) is 17.4 Å². The minimum absolute atomic E-state index is 0.0958. The average molecular weight is 505 g/mol. The molecule has 0 saturated heterocycles. The van der Waals surface area contributed by atoms with Gasteiger partial charge in [0.25, 0.3) is 0 Å². The Balaban J connectivity index is 1.52. The van der Waals surface area contributed by atoms with Crippen molar-refractivity contribution in [3.63, 3.8) is 0 Å². The molecule has 0 atom stereocenters. The van der Waals surface area contributed by atoms with Crippen molar-refractivity contribution in [1.82, 2.24) is 25.1 Å². The second-order valence-electron chi connectivity index (χ2n) is 9.60. The van der Waals surface area contributed by atoms with Crippen LogP contribution in [0.3, 0.4) is 0 Å². The Hall–Kier alpha value is -3.91. The molecule has 2 heterocycles. The number of amides is 2. The van der Waals surface area contributed by atoms with Crippen molar-refractivity contribution < 1.29 is 9.53 Å². The van der Waals surface area contributed by atoms with Crippen LogP contribution >= 0.6 is 11.6 Å². The second kappa shape index (κ2) is 10.4. The fourth-order valence-electron chi connectivity index (χ4n) is 3.49. The molecule has 0 aliphatic heterocycles. The summed E-state index contributed by atoms with van der Waals surface area (Å²) < 4.78 is 7.65. The van der Waals surface area contributed by atoms with E-state index in [1.54, 1.807) is 10.7 Å². The Morgan fingerprint density at radius 3 is 2.44 bits per heavy atom. The van der Waals surface area contributed by atoms with Crippen molar-refractivity contribution in [1.29, 1.82) is 0 Å². The summed E-state index contributed by atoms with van der Waals surface area (Å²) >= 11 is 5.88. The van der Waals surface area contributed by atoms with Crippen LogP contribution in [-0.4, -0.2) is 25.8 Å². The number of carbonyl (C=O) groups excluding carboxylic acids is 1. The molecule has 9 heteroatoms. The van der Waals surface area contributed by atoms with Gasteiger partial charge in [-0.05, 0) is 43.6 Å². The SMILES string of the molecule is Cc1ccc(-n2nc(C(C)(C)C)cc2NC(=O)NCc2cc(C)ccc2Oc2ccnc(Cl)n2)cc1. The molecule has 0 saturated carbocycles. The number of nitrogens with zero attached hydrogens (tertiary/aromatic N) is 4. The van der Waals surface area contributed by atoms with Gasteiger partial charge in [-0.1, -0.05) is 56.2 Å². The maximum absolute atomic E-state index is 12.9. The standard InChI is InChI=1S/C27H29ClN6O2/c1-17-6-9-20(10-7-17)34-23(15-22(33-34)27(3,4)5)31-26(35)30-16-19-14-18(2)8-11-21(19)36-24-12-13-29-25(28)32-24/h6-15H,16H2,1-5H3,(H2,30,31,35). The molecule has 0 bridgehead atoms. The predicted octanol–water partition coefficient (Wildman–Crippen LogP) is 6.34. The van der Waals surface area contributed by atoms with Crippen LogP contribution < -0.4 is 15.4 Å². The zero-order chi connectivity index (χ0) is 25.9. The lowest BCUT2D eigenvalue weighted by Gasteiger charge is -2.14. The third-order valence-electron chi connectivity index (χ3n) is 5.47. The van der Waals surface area contributed by atoms with Crippen LogP contribution in [0.2, 0.25) is 5.28 Å². The van der Waals surface area contributed by atoms with E-state index in [-0.39, 0.29) is 23.3 Å². The lowest BCUT2D eigenvalue weighted by atomic mass is 9.92. The van der Waals surface area contributed by atoms with Crippen LogP contribution in [0.15, 0.2) is 60.8 Å². The number of nitrogens with one attached hydrogen (secondary N) is 2.